The summed E-state index contributed by atoms with van der Waals surface area (Å²) in [7, 11) is 1.60. The Morgan fingerprint density at radius 3 is 2.44 bits per heavy atom. The molecule has 0 spiro atoms. The van der Waals surface area contributed by atoms with E-state index in [1.54, 1.807) is 7.05 Å². The first-order chi connectivity index (χ1) is 8.23. The molecule has 0 saturated carbocycles. The monoisotopic (exact) mass is 281 g/mol. The van der Waals surface area contributed by atoms with Gasteiger partial charge < -0.3 is 4.90 Å². The molecule has 18 heavy (non-hydrogen) atoms. The lowest BCUT2D eigenvalue weighted by molar-refractivity contribution is -0.142. The van der Waals surface area contributed by atoms with E-state index in [0.717, 1.165) is 4.68 Å². The highest BCUT2D eigenvalue weighted by atomic mass is 35.5. The molecule has 1 fully saturated rings. The second kappa shape index (κ2) is 4.15. The van der Waals surface area contributed by atoms with Crippen LogP contribution in [0.2, 0.25) is 5.02 Å². The largest absolute Gasteiger partial charge is 0.436 e. The second-order valence-electron chi connectivity index (χ2n) is 4.25. The minimum Gasteiger partial charge on any atom is -0.344 e. The van der Waals surface area contributed by atoms with Crippen LogP contribution in [-0.4, -0.2) is 34.2 Å². The zero-order chi connectivity index (χ0) is 13.7. The van der Waals surface area contributed by atoms with Gasteiger partial charge in [0.25, 0.3) is 0 Å². The van der Waals surface area contributed by atoms with E-state index in [4.69, 9.17) is 11.6 Å². The van der Waals surface area contributed by atoms with Crippen LogP contribution in [0.3, 0.4) is 0 Å². The van der Waals surface area contributed by atoms with Crippen LogP contribution >= 0.6 is 11.6 Å². The van der Waals surface area contributed by atoms with Crippen LogP contribution in [0.25, 0.3) is 0 Å². The van der Waals surface area contributed by atoms with Crippen molar-refractivity contribution in [2.45, 2.75) is 25.6 Å². The number of likely N-dealkylation sites (tertiary alicyclic amines) is 1. The highest BCUT2D eigenvalue weighted by Crippen LogP contribution is 2.37. The van der Waals surface area contributed by atoms with Crippen LogP contribution in [-0.2, 0) is 11.0 Å². The van der Waals surface area contributed by atoms with Gasteiger partial charge in [-0.25, -0.2) is 0 Å². The maximum atomic E-state index is 12.6. The summed E-state index contributed by atoms with van der Waals surface area (Å²) >= 11 is 5.63. The molecule has 0 bridgehead atoms. The van der Waals surface area contributed by atoms with Crippen LogP contribution in [0, 0.1) is 6.92 Å². The highest BCUT2D eigenvalue weighted by Gasteiger charge is 2.41. The first-order valence-electron chi connectivity index (χ1n) is 5.30. The molecule has 100 valence electrons. The number of rotatable bonds is 1. The van der Waals surface area contributed by atoms with Gasteiger partial charge in [-0.2, -0.15) is 18.3 Å². The van der Waals surface area contributed by atoms with E-state index in [1.807, 2.05) is 0 Å². The molecule has 1 aromatic heterocycles. The Kier molecular flexibility index (Phi) is 3.04. The minimum atomic E-state index is -4.61. The highest BCUT2D eigenvalue weighted by molar-refractivity contribution is 6.32. The number of halogens is 4. The molecule has 0 aromatic carbocycles. The lowest BCUT2D eigenvalue weighted by atomic mass is 10.2. The molecular formula is C10H11ClF3N3O. The first-order valence-corrected chi connectivity index (χ1v) is 5.68. The fraction of sp³-hybridized carbons (Fsp3) is 0.600. The molecule has 1 saturated heterocycles. The van der Waals surface area contributed by atoms with E-state index < -0.39 is 22.9 Å². The number of alkyl halides is 3. The van der Waals surface area contributed by atoms with E-state index in [9.17, 15) is 18.0 Å². The van der Waals surface area contributed by atoms with E-state index in [-0.39, 0.29) is 11.6 Å². The third kappa shape index (κ3) is 1.96. The van der Waals surface area contributed by atoms with Gasteiger partial charge in [0.05, 0.1) is 10.7 Å². The molecule has 1 unspecified atom stereocenters. The number of aromatic nitrogens is 2. The standard InChI is InChI=1S/C10H11ClF3N3O/c1-5-7(11)8(10(12,13)14)15-17(5)6-3-4-16(2)9(6)18/h6H,3-4H2,1-2H3. The number of hydrogen-bond acceptors (Lipinski definition) is 2. The summed E-state index contributed by atoms with van der Waals surface area (Å²) in [5.41, 5.74) is -0.971. The Labute approximate surface area is 106 Å². The molecule has 4 nitrogen and oxygen atoms in total. The molecule has 1 aromatic rings. The van der Waals surface area contributed by atoms with Crippen molar-refractivity contribution in [3.05, 3.63) is 16.4 Å². The molecule has 0 radical (unpaired) electrons. The van der Waals surface area contributed by atoms with Crippen molar-refractivity contribution in [3.8, 4) is 0 Å². The topological polar surface area (TPSA) is 38.1 Å². The summed E-state index contributed by atoms with van der Waals surface area (Å²) < 4.78 is 39.0. The van der Waals surface area contributed by atoms with E-state index in [2.05, 4.69) is 5.10 Å². The summed E-state index contributed by atoms with van der Waals surface area (Å²) in [6.45, 7) is 1.93. The maximum absolute atomic E-state index is 12.6. The number of carbonyl (C=O) groups excluding carboxylic acids is 1. The van der Waals surface area contributed by atoms with Crippen LogP contribution in [0.15, 0.2) is 0 Å². The van der Waals surface area contributed by atoms with E-state index >= 15 is 0 Å². The zero-order valence-corrected chi connectivity index (χ0v) is 10.5. The Bertz CT molecular complexity index is 497. The van der Waals surface area contributed by atoms with Crippen molar-refractivity contribution in [1.29, 1.82) is 0 Å². The lowest BCUT2D eigenvalue weighted by Gasteiger charge is -2.12. The van der Waals surface area contributed by atoms with Crippen LogP contribution in [0.1, 0.15) is 23.9 Å². The van der Waals surface area contributed by atoms with Crippen LogP contribution in [0.4, 0.5) is 13.2 Å². The summed E-state index contributed by atoms with van der Waals surface area (Å²) in [6.07, 6.45) is -4.17. The van der Waals surface area contributed by atoms with Crippen LogP contribution < -0.4 is 0 Å². The third-order valence-corrected chi connectivity index (χ3v) is 3.49. The van der Waals surface area contributed by atoms with Crippen molar-refractivity contribution < 1.29 is 18.0 Å². The molecule has 0 aliphatic carbocycles. The molecule has 1 aliphatic rings. The van der Waals surface area contributed by atoms with Crippen molar-refractivity contribution in [1.82, 2.24) is 14.7 Å². The SMILES string of the molecule is Cc1c(Cl)c(C(F)(F)F)nn1C1CCN(C)C1=O. The summed E-state index contributed by atoms with van der Waals surface area (Å²) in [6, 6.07) is -0.691. The van der Waals surface area contributed by atoms with Gasteiger partial charge in [0.1, 0.15) is 6.04 Å². The lowest BCUT2D eigenvalue weighted by Crippen LogP contribution is -2.25. The summed E-state index contributed by atoms with van der Waals surface area (Å²) in [5, 5.41) is 3.02. The quantitative estimate of drug-likeness (QED) is 0.792. The Balaban J connectivity index is 2.45. The van der Waals surface area contributed by atoms with Gasteiger partial charge in [-0.05, 0) is 13.3 Å². The Morgan fingerprint density at radius 2 is 2.06 bits per heavy atom. The Hall–Kier alpha value is -1.24. The molecule has 0 N–H and O–H groups in total. The first kappa shape index (κ1) is 13.2. The van der Waals surface area contributed by atoms with Gasteiger partial charge >= 0.3 is 6.18 Å². The molecule has 2 heterocycles. The van der Waals surface area contributed by atoms with Crippen LogP contribution in [0.5, 0.6) is 0 Å². The fourth-order valence-electron chi connectivity index (χ4n) is 2.01. The van der Waals surface area contributed by atoms with Gasteiger partial charge in [0.2, 0.25) is 5.91 Å². The predicted molar refractivity (Wildman–Crippen MR) is 58.3 cm³/mol. The molecule has 8 heteroatoms. The minimum absolute atomic E-state index is 0.164. The number of carbonyl (C=O) groups is 1. The summed E-state index contributed by atoms with van der Waals surface area (Å²) in [4.78, 5) is 13.2. The molecular weight excluding hydrogens is 271 g/mol. The normalized spacial score (nSPS) is 20.9. The van der Waals surface area contributed by atoms with Crippen molar-refractivity contribution in [3.63, 3.8) is 0 Å². The van der Waals surface area contributed by atoms with Crippen molar-refractivity contribution in [2.24, 2.45) is 0 Å². The molecule has 1 amide bonds. The average Bonchev–Trinajstić information content (AvgIpc) is 2.72. The van der Waals surface area contributed by atoms with Crippen molar-refractivity contribution >= 4 is 17.5 Å². The number of amides is 1. The molecule has 1 aliphatic heterocycles. The Morgan fingerprint density at radius 1 is 1.44 bits per heavy atom. The average molecular weight is 282 g/mol. The van der Waals surface area contributed by atoms with Gasteiger partial charge in [-0.15, -0.1) is 0 Å². The van der Waals surface area contributed by atoms with Gasteiger partial charge in [0, 0.05) is 13.6 Å². The van der Waals surface area contributed by atoms with Gasteiger partial charge in [-0.1, -0.05) is 11.6 Å². The van der Waals surface area contributed by atoms with Gasteiger partial charge in [-0.3, -0.25) is 9.48 Å². The number of hydrogen-bond donors (Lipinski definition) is 0. The predicted octanol–water partition coefficient (Wildman–Crippen LogP) is 2.27. The smallest absolute Gasteiger partial charge is 0.344 e. The summed E-state index contributed by atoms with van der Waals surface area (Å²) in [5.74, 6) is -0.244. The maximum Gasteiger partial charge on any atom is 0.436 e. The van der Waals surface area contributed by atoms with E-state index in [0.29, 0.717) is 13.0 Å². The molecule has 1 atom stereocenters. The number of nitrogens with zero attached hydrogens (tertiary/aromatic N) is 3. The molecule has 2 rings (SSSR count). The van der Waals surface area contributed by atoms with Gasteiger partial charge in [0.15, 0.2) is 5.69 Å². The number of likely N-dealkylation sites (N-methyl/N-ethyl adjacent to an activating group) is 1. The second-order valence-corrected chi connectivity index (χ2v) is 4.63. The fourth-order valence-corrected chi connectivity index (χ4v) is 2.25. The van der Waals surface area contributed by atoms with E-state index in [1.165, 1.54) is 11.8 Å². The third-order valence-electron chi connectivity index (χ3n) is 3.04. The zero-order valence-electron chi connectivity index (χ0n) is 9.75. The van der Waals surface area contributed by atoms with Crippen molar-refractivity contribution in [2.75, 3.05) is 13.6 Å².